The molecule has 7 heteroatoms. The van der Waals surface area contributed by atoms with Crippen molar-refractivity contribution in [1.82, 2.24) is 9.59 Å². The van der Waals surface area contributed by atoms with Crippen LogP contribution in [0.5, 0.6) is 0 Å². The molecule has 0 unspecified atom stereocenters. The summed E-state index contributed by atoms with van der Waals surface area (Å²) in [6, 6.07) is 1.90. The largest absolute Gasteiger partial charge is 0.369 e. The molecule has 84 valence electrons. The predicted octanol–water partition coefficient (Wildman–Crippen LogP) is 2.17. The standard InChI is InChI=1S/C9H10N4OS2/c1-6(14)12-7-2-3-15-8(7)4-10-9-5-11-13-16-9/h2-3,5,10H,4H2,1H3,(H,12,14). The Hall–Kier alpha value is -1.47. The van der Waals surface area contributed by atoms with Crippen molar-refractivity contribution >= 4 is 39.5 Å². The maximum Gasteiger partial charge on any atom is 0.221 e. The molecule has 0 saturated carbocycles. The van der Waals surface area contributed by atoms with Gasteiger partial charge in [-0.25, -0.2) is 0 Å². The van der Waals surface area contributed by atoms with Crippen LogP contribution < -0.4 is 10.6 Å². The Kier molecular flexibility index (Phi) is 3.47. The van der Waals surface area contributed by atoms with Crippen molar-refractivity contribution in [3.63, 3.8) is 0 Å². The van der Waals surface area contributed by atoms with Crippen molar-refractivity contribution in [2.45, 2.75) is 13.5 Å². The second-order valence-electron chi connectivity index (χ2n) is 3.07. The third-order valence-electron chi connectivity index (χ3n) is 1.84. The third-order valence-corrected chi connectivity index (χ3v) is 3.38. The molecule has 2 aromatic rings. The van der Waals surface area contributed by atoms with Gasteiger partial charge in [0.25, 0.3) is 0 Å². The number of rotatable bonds is 4. The van der Waals surface area contributed by atoms with Crippen LogP contribution in [0.2, 0.25) is 0 Å². The summed E-state index contributed by atoms with van der Waals surface area (Å²) in [5.74, 6) is -0.0564. The smallest absolute Gasteiger partial charge is 0.221 e. The zero-order chi connectivity index (χ0) is 11.4. The molecule has 0 aliphatic heterocycles. The van der Waals surface area contributed by atoms with E-state index < -0.39 is 0 Å². The van der Waals surface area contributed by atoms with Crippen LogP contribution in [0.15, 0.2) is 17.6 Å². The van der Waals surface area contributed by atoms with Crippen molar-refractivity contribution < 1.29 is 4.79 Å². The number of thiophene rings is 1. The summed E-state index contributed by atoms with van der Waals surface area (Å²) < 4.78 is 3.76. The minimum Gasteiger partial charge on any atom is -0.369 e. The predicted molar refractivity (Wildman–Crippen MR) is 65.9 cm³/mol. The Labute approximate surface area is 101 Å². The maximum atomic E-state index is 11.0. The Balaban J connectivity index is 1.99. The molecule has 2 N–H and O–H groups in total. The number of carbonyl (C=O) groups is 1. The molecule has 0 aromatic carbocycles. The Morgan fingerprint density at radius 1 is 1.56 bits per heavy atom. The van der Waals surface area contributed by atoms with Crippen LogP contribution in [-0.2, 0) is 11.3 Å². The van der Waals surface area contributed by atoms with Crippen LogP contribution in [0.3, 0.4) is 0 Å². The number of nitrogens with zero attached hydrogens (tertiary/aromatic N) is 2. The van der Waals surface area contributed by atoms with E-state index in [-0.39, 0.29) is 5.91 Å². The summed E-state index contributed by atoms with van der Waals surface area (Å²) in [7, 11) is 0. The molecule has 0 fully saturated rings. The quantitative estimate of drug-likeness (QED) is 0.877. The second kappa shape index (κ2) is 5.04. The number of hydrogen-bond donors (Lipinski definition) is 2. The van der Waals surface area contributed by atoms with Crippen LogP contribution in [-0.4, -0.2) is 15.5 Å². The lowest BCUT2D eigenvalue weighted by Crippen LogP contribution is -2.07. The molecular weight excluding hydrogens is 244 g/mol. The van der Waals surface area contributed by atoms with Crippen LogP contribution in [0, 0.1) is 0 Å². The summed E-state index contributed by atoms with van der Waals surface area (Å²) in [6.07, 6.45) is 1.68. The minimum atomic E-state index is -0.0564. The van der Waals surface area contributed by atoms with Crippen molar-refractivity contribution in [2.75, 3.05) is 10.6 Å². The first-order valence-electron chi connectivity index (χ1n) is 4.61. The van der Waals surface area contributed by atoms with E-state index in [0.29, 0.717) is 6.54 Å². The Morgan fingerprint density at radius 2 is 2.44 bits per heavy atom. The summed E-state index contributed by atoms with van der Waals surface area (Å²) >= 11 is 2.91. The van der Waals surface area contributed by atoms with Gasteiger partial charge in [-0.15, -0.1) is 16.4 Å². The molecule has 0 spiro atoms. The number of nitrogens with one attached hydrogen (secondary N) is 2. The van der Waals surface area contributed by atoms with Crippen molar-refractivity contribution in [2.24, 2.45) is 0 Å². The molecule has 2 rings (SSSR count). The van der Waals surface area contributed by atoms with Gasteiger partial charge in [0.2, 0.25) is 5.91 Å². The zero-order valence-corrected chi connectivity index (χ0v) is 10.2. The number of hydrogen-bond acceptors (Lipinski definition) is 6. The zero-order valence-electron chi connectivity index (χ0n) is 8.56. The molecule has 16 heavy (non-hydrogen) atoms. The van der Waals surface area contributed by atoms with E-state index in [9.17, 15) is 4.79 Å². The lowest BCUT2D eigenvalue weighted by molar-refractivity contribution is -0.114. The summed E-state index contributed by atoms with van der Waals surface area (Å²) in [5, 5.41) is 12.6. The minimum absolute atomic E-state index is 0.0564. The van der Waals surface area contributed by atoms with Gasteiger partial charge >= 0.3 is 0 Å². The number of aromatic nitrogens is 2. The molecule has 1 amide bonds. The fourth-order valence-corrected chi connectivity index (χ4v) is 2.37. The summed E-state index contributed by atoms with van der Waals surface area (Å²) in [5.41, 5.74) is 0.863. The highest BCUT2D eigenvalue weighted by Gasteiger charge is 2.05. The van der Waals surface area contributed by atoms with Crippen molar-refractivity contribution in [1.29, 1.82) is 0 Å². The molecule has 0 saturated heterocycles. The van der Waals surface area contributed by atoms with Gasteiger partial charge in [0, 0.05) is 23.3 Å². The molecule has 2 aromatic heterocycles. The highest BCUT2D eigenvalue weighted by Crippen LogP contribution is 2.23. The van der Waals surface area contributed by atoms with E-state index in [1.807, 2.05) is 11.4 Å². The molecule has 2 heterocycles. The van der Waals surface area contributed by atoms with Crippen molar-refractivity contribution in [3.8, 4) is 0 Å². The van der Waals surface area contributed by atoms with E-state index in [1.54, 1.807) is 17.5 Å². The average molecular weight is 254 g/mol. The maximum absolute atomic E-state index is 11.0. The van der Waals surface area contributed by atoms with E-state index in [4.69, 9.17) is 0 Å². The van der Waals surface area contributed by atoms with Crippen molar-refractivity contribution in [3.05, 3.63) is 22.5 Å². The fraction of sp³-hybridized carbons (Fsp3) is 0.222. The Morgan fingerprint density at radius 3 is 3.12 bits per heavy atom. The number of anilines is 2. The van der Waals surface area contributed by atoms with Crippen LogP contribution in [0.25, 0.3) is 0 Å². The van der Waals surface area contributed by atoms with Gasteiger partial charge in [-0.1, -0.05) is 4.49 Å². The molecule has 0 bridgehead atoms. The van der Waals surface area contributed by atoms with E-state index in [0.717, 1.165) is 15.6 Å². The average Bonchev–Trinajstić information content (AvgIpc) is 2.84. The van der Waals surface area contributed by atoms with Gasteiger partial charge in [0.15, 0.2) is 0 Å². The van der Waals surface area contributed by atoms with Crippen LogP contribution in [0.4, 0.5) is 10.7 Å². The van der Waals surface area contributed by atoms with E-state index in [2.05, 4.69) is 20.2 Å². The molecule has 0 aliphatic carbocycles. The fourth-order valence-electron chi connectivity index (χ4n) is 1.19. The van der Waals surface area contributed by atoms with Gasteiger partial charge in [0.05, 0.1) is 18.4 Å². The first-order chi connectivity index (χ1) is 7.75. The first-order valence-corrected chi connectivity index (χ1v) is 6.26. The Bertz CT molecular complexity index is 466. The first kappa shape index (κ1) is 11.0. The van der Waals surface area contributed by atoms with Gasteiger partial charge < -0.3 is 10.6 Å². The lowest BCUT2D eigenvalue weighted by atomic mass is 10.3. The molecule has 0 atom stereocenters. The second-order valence-corrected chi connectivity index (χ2v) is 4.86. The molecular formula is C9H10N4OS2. The summed E-state index contributed by atoms with van der Waals surface area (Å²) in [6.45, 7) is 2.17. The molecule has 0 aliphatic rings. The third kappa shape index (κ3) is 2.77. The van der Waals surface area contributed by atoms with Gasteiger partial charge in [-0.2, -0.15) is 0 Å². The highest BCUT2D eigenvalue weighted by molar-refractivity contribution is 7.11. The van der Waals surface area contributed by atoms with E-state index in [1.165, 1.54) is 18.5 Å². The monoisotopic (exact) mass is 254 g/mol. The highest BCUT2D eigenvalue weighted by atomic mass is 32.1. The topological polar surface area (TPSA) is 66.9 Å². The van der Waals surface area contributed by atoms with Crippen LogP contribution in [0.1, 0.15) is 11.8 Å². The number of amides is 1. The van der Waals surface area contributed by atoms with Gasteiger partial charge in [0.1, 0.15) is 5.00 Å². The molecule has 0 radical (unpaired) electrons. The SMILES string of the molecule is CC(=O)Nc1ccsc1CNc1cnns1. The number of carbonyl (C=O) groups excluding carboxylic acids is 1. The summed E-state index contributed by atoms with van der Waals surface area (Å²) in [4.78, 5) is 12.0. The normalized spacial score (nSPS) is 10.1. The molecule has 5 nitrogen and oxygen atoms in total. The lowest BCUT2D eigenvalue weighted by Gasteiger charge is -2.04. The van der Waals surface area contributed by atoms with Crippen LogP contribution >= 0.6 is 22.9 Å². The van der Waals surface area contributed by atoms with Gasteiger partial charge in [-0.3, -0.25) is 4.79 Å². The van der Waals surface area contributed by atoms with E-state index >= 15 is 0 Å². The van der Waals surface area contributed by atoms with Gasteiger partial charge in [-0.05, 0) is 11.4 Å².